The summed E-state index contributed by atoms with van der Waals surface area (Å²) in [5.41, 5.74) is 3.39. The van der Waals surface area contributed by atoms with Crippen LogP contribution in [0.2, 0.25) is 0 Å². The fourth-order valence-electron chi connectivity index (χ4n) is 4.23. The zero-order valence-corrected chi connectivity index (χ0v) is 17.8. The van der Waals surface area contributed by atoms with Crippen LogP contribution in [0.15, 0.2) is 54.6 Å². The average molecular weight is 409 g/mol. The van der Waals surface area contributed by atoms with Gasteiger partial charge in [-0.15, -0.1) is 0 Å². The number of nitrogens with one attached hydrogen (secondary N) is 1. The van der Waals surface area contributed by atoms with Crippen LogP contribution in [0.1, 0.15) is 17.2 Å². The number of benzene rings is 2. The molecular formula is C24H32N4O2. The summed E-state index contributed by atoms with van der Waals surface area (Å²) < 4.78 is 5.41. The summed E-state index contributed by atoms with van der Waals surface area (Å²) in [5.74, 6) is 0.0430. The van der Waals surface area contributed by atoms with Crippen molar-refractivity contribution in [2.24, 2.45) is 0 Å². The quantitative estimate of drug-likeness (QED) is 0.796. The molecule has 4 rings (SSSR count). The Kier molecular flexibility index (Phi) is 7.12. The van der Waals surface area contributed by atoms with Gasteiger partial charge in [0.05, 0.1) is 19.8 Å². The van der Waals surface area contributed by atoms with Crippen LogP contribution in [0.4, 0.5) is 5.69 Å². The minimum Gasteiger partial charge on any atom is -0.379 e. The molecule has 1 N–H and O–H groups in total. The van der Waals surface area contributed by atoms with Crippen molar-refractivity contribution in [3.63, 3.8) is 0 Å². The highest BCUT2D eigenvalue weighted by molar-refractivity contribution is 5.92. The van der Waals surface area contributed by atoms with E-state index in [9.17, 15) is 4.79 Å². The number of morpholine rings is 1. The number of likely N-dealkylation sites (N-methyl/N-ethyl adjacent to an activating group) is 1. The van der Waals surface area contributed by atoms with Crippen molar-refractivity contribution in [2.45, 2.75) is 12.6 Å². The zero-order valence-electron chi connectivity index (χ0n) is 17.8. The smallest absolute Gasteiger partial charge is 0.238 e. The van der Waals surface area contributed by atoms with Crippen LogP contribution in [-0.4, -0.2) is 80.1 Å². The standard InChI is InChI=1S/C24H32N4O2/c1-26-11-12-28(23(18-26)21-5-3-2-4-6-21)19-24(29)25-22-9-7-20(8-10-22)17-27-13-15-30-16-14-27/h2-10,23H,11-19H2,1H3,(H,25,29). The van der Waals surface area contributed by atoms with Gasteiger partial charge in [-0.3, -0.25) is 14.6 Å². The van der Waals surface area contributed by atoms with Gasteiger partial charge < -0.3 is 15.0 Å². The average Bonchev–Trinajstić information content (AvgIpc) is 2.78. The number of ether oxygens (including phenoxy) is 1. The number of carbonyl (C=O) groups is 1. The maximum absolute atomic E-state index is 12.8. The first-order chi connectivity index (χ1) is 14.7. The number of amides is 1. The van der Waals surface area contributed by atoms with E-state index in [0.717, 1.165) is 58.2 Å². The van der Waals surface area contributed by atoms with Crippen LogP contribution < -0.4 is 5.32 Å². The molecule has 2 aromatic rings. The minimum absolute atomic E-state index is 0.0430. The number of carbonyl (C=O) groups excluding carboxylic acids is 1. The van der Waals surface area contributed by atoms with Crippen molar-refractivity contribution in [2.75, 3.05) is 64.8 Å². The highest BCUT2D eigenvalue weighted by Gasteiger charge is 2.28. The third-order valence-electron chi connectivity index (χ3n) is 5.97. The Morgan fingerprint density at radius 2 is 1.73 bits per heavy atom. The summed E-state index contributed by atoms with van der Waals surface area (Å²) >= 11 is 0. The molecule has 0 radical (unpaired) electrons. The minimum atomic E-state index is 0.0430. The van der Waals surface area contributed by atoms with E-state index in [1.165, 1.54) is 11.1 Å². The molecular weight excluding hydrogens is 376 g/mol. The second kappa shape index (κ2) is 10.2. The number of hydrogen-bond acceptors (Lipinski definition) is 5. The van der Waals surface area contributed by atoms with E-state index in [4.69, 9.17) is 4.74 Å². The summed E-state index contributed by atoms with van der Waals surface area (Å²) in [5, 5.41) is 3.08. The first kappa shape index (κ1) is 21.0. The maximum atomic E-state index is 12.8. The summed E-state index contributed by atoms with van der Waals surface area (Å²) in [6, 6.07) is 19.0. The molecule has 0 aromatic heterocycles. The molecule has 2 saturated heterocycles. The van der Waals surface area contributed by atoms with Gasteiger partial charge in [0.15, 0.2) is 0 Å². The predicted molar refractivity (Wildman–Crippen MR) is 119 cm³/mol. The van der Waals surface area contributed by atoms with Gasteiger partial charge in [-0.2, -0.15) is 0 Å². The molecule has 6 nitrogen and oxygen atoms in total. The molecule has 2 aromatic carbocycles. The molecule has 30 heavy (non-hydrogen) atoms. The Labute approximate surface area is 179 Å². The van der Waals surface area contributed by atoms with Crippen LogP contribution in [0.25, 0.3) is 0 Å². The Bertz CT molecular complexity index is 806. The van der Waals surface area contributed by atoms with Gasteiger partial charge in [0, 0.05) is 51.0 Å². The Morgan fingerprint density at radius 3 is 2.47 bits per heavy atom. The fraction of sp³-hybridized carbons (Fsp3) is 0.458. The van der Waals surface area contributed by atoms with Crippen LogP contribution in [0, 0.1) is 0 Å². The van der Waals surface area contributed by atoms with Gasteiger partial charge in [0.25, 0.3) is 0 Å². The van der Waals surface area contributed by atoms with E-state index < -0.39 is 0 Å². The molecule has 160 valence electrons. The summed E-state index contributed by atoms with van der Waals surface area (Å²) in [4.78, 5) is 19.8. The highest BCUT2D eigenvalue weighted by Crippen LogP contribution is 2.24. The van der Waals surface area contributed by atoms with Crippen molar-refractivity contribution < 1.29 is 9.53 Å². The first-order valence-electron chi connectivity index (χ1n) is 10.8. The molecule has 1 amide bonds. The number of hydrogen-bond donors (Lipinski definition) is 1. The second-order valence-electron chi connectivity index (χ2n) is 8.29. The molecule has 2 aliphatic rings. The second-order valence-corrected chi connectivity index (χ2v) is 8.29. The lowest BCUT2D eigenvalue weighted by Gasteiger charge is -2.39. The van der Waals surface area contributed by atoms with Gasteiger partial charge in [0.2, 0.25) is 5.91 Å². The number of anilines is 1. The molecule has 1 unspecified atom stereocenters. The summed E-state index contributed by atoms with van der Waals surface area (Å²) in [7, 11) is 2.14. The van der Waals surface area contributed by atoms with Crippen LogP contribution in [0.3, 0.4) is 0 Å². The van der Waals surface area contributed by atoms with E-state index >= 15 is 0 Å². The molecule has 0 bridgehead atoms. The van der Waals surface area contributed by atoms with E-state index in [2.05, 4.69) is 63.5 Å². The highest BCUT2D eigenvalue weighted by atomic mass is 16.5. The van der Waals surface area contributed by atoms with Gasteiger partial charge in [-0.1, -0.05) is 42.5 Å². The fourth-order valence-corrected chi connectivity index (χ4v) is 4.23. The molecule has 0 saturated carbocycles. The van der Waals surface area contributed by atoms with Crippen molar-refractivity contribution >= 4 is 11.6 Å². The molecule has 6 heteroatoms. The Balaban J connectivity index is 1.33. The molecule has 0 spiro atoms. The van der Waals surface area contributed by atoms with Crippen LogP contribution >= 0.6 is 0 Å². The maximum Gasteiger partial charge on any atom is 0.238 e. The van der Waals surface area contributed by atoms with Gasteiger partial charge in [0.1, 0.15) is 0 Å². The third-order valence-corrected chi connectivity index (χ3v) is 5.97. The van der Waals surface area contributed by atoms with Gasteiger partial charge in [-0.05, 0) is 30.3 Å². The van der Waals surface area contributed by atoms with Crippen molar-refractivity contribution in [3.05, 3.63) is 65.7 Å². The normalized spacial score (nSPS) is 21.4. The molecule has 0 aliphatic carbocycles. The number of nitrogens with zero attached hydrogens (tertiary/aromatic N) is 3. The SMILES string of the molecule is CN1CCN(CC(=O)Nc2ccc(CN3CCOCC3)cc2)C(c2ccccc2)C1. The third kappa shape index (κ3) is 5.67. The molecule has 1 atom stereocenters. The number of rotatable bonds is 6. The summed E-state index contributed by atoms with van der Waals surface area (Å²) in [6.07, 6.45) is 0. The molecule has 2 heterocycles. The van der Waals surface area contributed by atoms with Crippen LogP contribution in [-0.2, 0) is 16.1 Å². The van der Waals surface area contributed by atoms with E-state index in [0.29, 0.717) is 6.54 Å². The lowest BCUT2D eigenvalue weighted by atomic mass is 10.0. The molecule has 2 fully saturated rings. The predicted octanol–water partition coefficient (Wildman–Crippen LogP) is 2.45. The lowest BCUT2D eigenvalue weighted by Crippen LogP contribution is -2.49. The lowest BCUT2D eigenvalue weighted by molar-refractivity contribution is -0.118. The van der Waals surface area contributed by atoms with E-state index in [1.807, 2.05) is 18.2 Å². The first-order valence-corrected chi connectivity index (χ1v) is 10.8. The van der Waals surface area contributed by atoms with Crippen LogP contribution in [0.5, 0.6) is 0 Å². The van der Waals surface area contributed by atoms with Gasteiger partial charge in [-0.25, -0.2) is 0 Å². The Morgan fingerprint density at radius 1 is 1.00 bits per heavy atom. The van der Waals surface area contributed by atoms with Crippen molar-refractivity contribution in [3.8, 4) is 0 Å². The molecule has 2 aliphatic heterocycles. The monoisotopic (exact) mass is 408 g/mol. The number of piperazine rings is 1. The van der Waals surface area contributed by atoms with Crippen molar-refractivity contribution in [1.82, 2.24) is 14.7 Å². The topological polar surface area (TPSA) is 48.0 Å². The van der Waals surface area contributed by atoms with Gasteiger partial charge >= 0.3 is 0 Å². The zero-order chi connectivity index (χ0) is 20.8. The van der Waals surface area contributed by atoms with E-state index in [1.54, 1.807) is 0 Å². The largest absolute Gasteiger partial charge is 0.379 e. The summed E-state index contributed by atoms with van der Waals surface area (Å²) in [6.45, 7) is 7.72. The van der Waals surface area contributed by atoms with Crippen molar-refractivity contribution in [1.29, 1.82) is 0 Å². The Hall–Kier alpha value is -2.25. The van der Waals surface area contributed by atoms with E-state index in [-0.39, 0.29) is 11.9 Å².